The number of aromatic nitrogens is 2. The number of hydrogen-bond donors (Lipinski definition) is 0. The summed E-state index contributed by atoms with van der Waals surface area (Å²) in [5, 5.41) is 5.85. The number of carbonyl (C=O) groups excluding carboxylic acids is 1. The van der Waals surface area contributed by atoms with Crippen LogP contribution < -0.4 is 0 Å². The number of thioether (sulfide) groups is 1. The molecule has 8 heteroatoms. The zero-order chi connectivity index (χ0) is 20.3. The fraction of sp³-hybridized carbons (Fsp3) is 0.500. The highest BCUT2D eigenvalue weighted by Crippen LogP contribution is 2.31. The van der Waals surface area contributed by atoms with Gasteiger partial charge in [0.15, 0.2) is 0 Å². The number of ether oxygens (including phenoxy) is 1. The molecule has 1 aromatic carbocycles. The zero-order valence-electron chi connectivity index (χ0n) is 16.3. The minimum absolute atomic E-state index is 0.214. The Labute approximate surface area is 174 Å². The van der Waals surface area contributed by atoms with Gasteiger partial charge < -0.3 is 9.64 Å². The highest BCUT2D eigenvalue weighted by atomic mass is 35.5. The molecule has 0 N–H and O–H groups in total. The van der Waals surface area contributed by atoms with Gasteiger partial charge in [-0.15, -0.1) is 11.8 Å². The topological polar surface area (TPSA) is 47.4 Å². The molecule has 152 valence electrons. The maximum atomic E-state index is 14.0. The second-order valence-corrected chi connectivity index (χ2v) is 9.27. The molecule has 28 heavy (non-hydrogen) atoms. The molecular formula is C20H25ClFN3O2S. The van der Waals surface area contributed by atoms with E-state index in [2.05, 4.69) is 5.10 Å². The van der Waals surface area contributed by atoms with Gasteiger partial charge in [-0.25, -0.2) is 9.18 Å². The summed E-state index contributed by atoms with van der Waals surface area (Å²) >= 11 is 7.36. The molecule has 0 unspecified atom stereocenters. The monoisotopic (exact) mass is 425 g/mol. The predicted octanol–water partition coefficient (Wildman–Crippen LogP) is 5.54. The first-order chi connectivity index (χ1) is 13.2. The fourth-order valence-corrected chi connectivity index (χ4v) is 4.28. The summed E-state index contributed by atoms with van der Waals surface area (Å²) in [5.74, 6) is 0.211. The van der Waals surface area contributed by atoms with Crippen molar-refractivity contribution in [3.05, 3.63) is 46.9 Å². The molecule has 5 nitrogen and oxygen atoms in total. The maximum Gasteiger partial charge on any atom is 0.410 e. The molecule has 2 aromatic rings. The van der Waals surface area contributed by atoms with Crippen molar-refractivity contribution in [3.8, 4) is 0 Å². The van der Waals surface area contributed by atoms with Crippen molar-refractivity contribution in [1.82, 2.24) is 14.7 Å². The minimum Gasteiger partial charge on any atom is -0.444 e. The van der Waals surface area contributed by atoms with Crippen LogP contribution in [-0.2, 0) is 10.5 Å². The van der Waals surface area contributed by atoms with Crippen LogP contribution in [0.4, 0.5) is 9.18 Å². The third-order valence-corrected chi connectivity index (χ3v) is 5.80. The molecule has 1 aromatic heterocycles. The molecule has 0 bridgehead atoms. The van der Waals surface area contributed by atoms with E-state index in [1.165, 1.54) is 6.07 Å². The first kappa shape index (κ1) is 21.0. The number of halogens is 2. The van der Waals surface area contributed by atoms with Gasteiger partial charge in [-0.2, -0.15) is 5.10 Å². The van der Waals surface area contributed by atoms with Gasteiger partial charge in [0.25, 0.3) is 0 Å². The van der Waals surface area contributed by atoms with Crippen molar-refractivity contribution in [2.75, 3.05) is 13.1 Å². The van der Waals surface area contributed by atoms with Crippen LogP contribution in [0, 0.1) is 5.82 Å². The first-order valence-electron chi connectivity index (χ1n) is 9.31. The molecule has 2 heterocycles. The van der Waals surface area contributed by atoms with E-state index in [0.29, 0.717) is 29.4 Å². The molecule has 1 aliphatic rings. The second kappa shape index (κ2) is 8.74. The lowest BCUT2D eigenvalue weighted by Crippen LogP contribution is -2.42. The second-order valence-electron chi connectivity index (χ2n) is 7.84. The summed E-state index contributed by atoms with van der Waals surface area (Å²) in [4.78, 5) is 14.0. The molecule has 1 fully saturated rings. The molecule has 0 radical (unpaired) electrons. The largest absolute Gasteiger partial charge is 0.444 e. The number of amides is 1. The molecule has 1 aliphatic heterocycles. The summed E-state index contributed by atoms with van der Waals surface area (Å²) in [5.41, 5.74) is 0.123. The first-order valence-corrected chi connectivity index (χ1v) is 10.7. The van der Waals surface area contributed by atoms with Gasteiger partial charge in [0.1, 0.15) is 11.4 Å². The van der Waals surface area contributed by atoms with Crippen LogP contribution in [0.3, 0.4) is 0 Å². The van der Waals surface area contributed by atoms with E-state index in [4.69, 9.17) is 16.3 Å². The number of piperidine rings is 1. The summed E-state index contributed by atoms with van der Waals surface area (Å²) in [7, 11) is 0. The van der Waals surface area contributed by atoms with E-state index in [9.17, 15) is 9.18 Å². The number of rotatable bonds is 4. The average molecular weight is 426 g/mol. The van der Waals surface area contributed by atoms with E-state index in [0.717, 1.165) is 17.9 Å². The van der Waals surface area contributed by atoms with Gasteiger partial charge in [0.05, 0.1) is 17.3 Å². The molecule has 0 spiro atoms. The number of benzene rings is 1. The summed E-state index contributed by atoms with van der Waals surface area (Å²) in [6, 6.07) is 6.90. The zero-order valence-corrected chi connectivity index (χ0v) is 17.9. The van der Waals surface area contributed by atoms with Crippen molar-refractivity contribution < 1.29 is 13.9 Å². The van der Waals surface area contributed by atoms with E-state index < -0.39 is 5.60 Å². The summed E-state index contributed by atoms with van der Waals surface area (Å²) in [6.07, 6.45) is 3.12. The van der Waals surface area contributed by atoms with Crippen LogP contribution in [0.25, 0.3) is 0 Å². The Bertz CT molecular complexity index is 829. The number of likely N-dealkylation sites (tertiary alicyclic amines) is 1. The van der Waals surface area contributed by atoms with Gasteiger partial charge in [0.2, 0.25) is 0 Å². The van der Waals surface area contributed by atoms with Crippen LogP contribution in [0.2, 0.25) is 5.02 Å². The Morgan fingerprint density at radius 3 is 2.68 bits per heavy atom. The Morgan fingerprint density at radius 1 is 1.32 bits per heavy atom. The smallest absolute Gasteiger partial charge is 0.410 e. The van der Waals surface area contributed by atoms with Gasteiger partial charge in [0, 0.05) is 23.9 Å². The summed E-state index contributed by atoms with van der Waals surface area (Å²) < 4.78 is 21.4. The Hall–Kier alpha value is -1.73. The van der Waals surface area contributed by atoms with E-state index in [1.54, 1.807) is 35.0 Å². The van der Waals surface area contributed by atoms with Crippen LogP contribution in [0.5, 0.6) is 0 Å². The van der Waals surface area contributed by atoms with Gasteiger partial charge >= 0.3 is 6.09 Å². The Kier molecular flexibility index (Phi) is 6.55. The summed E-state index contributed by atoms with van der Waals surface area (Å²) in [6.45, 7) is 6.88. The molecule has 0 atom stereocenters. The lowest BCUT2D eigenvalue weighted by Gasteiger charge is -2.34. The van der Waals surface area contributed by atoms with Crippen molar-refractivity contribution in [1.29, 1.82) is 0 Å². The molecule has 3 rings (SSSR count). The van der Waals surface area contributed by atoms with E-state index >= 15 is 0 Å². The van der Waals surface area contributed by atoms with Crippen LogP contribution in [0.1, 0.15) is 45.2 Å². The Morgan fingerprint density at radius 2 is 2.04 bits per heavy atom. The third kappa shape index (κ3) is 5.41. The number of nitrogens with zero attached hydrogens (tertiary/aromatic N) is 3. The third-order valence-electron chi connectivity index (χ3n) is 4.49. The normalized spacial score (nSPS) is 15.7. The highest BCUT2D eigenvalue weighted by molar-refractivity contribution is 7.98. The van der Waals surface area contributed by atoms with Crippen molar-refractivity contribution in [2.45, 2.75) is 56.0 Å². The van der Waals surface area contributed by atoms with Crippen molar-refractivity contribution in [3.63, 3.8) is 0 Å². The highest BCUT2D eigenvalue weighted by Gasteiger charge is 2.28. The van der Waals surface area contributed by atoms with Crippen molar-refractivity contribution >= 4 is 29.5 Å². The molecule has 0 saturated carbocycles. The van der Waals surface area contributed by atoms with Crippen LogP contribution >= 0.6 is 23.4 Å². The van der Waals surface area contributed by atoms with Crippen molar-refractivity contribution in [2.24, 2.45) is 0 Å². The molecule has 1 amide bonds. The molecular weight excluding hydrogens is 401 g/mol. The lowest BCUT2D eigenvalue weighted by atomic mass is 10.1. The molecule has 1 saturated heterocycles. The van der Waals surface area contributed by atoms with E-state index in [-0.39, 0.29) is 18.0 Å². The van der Waals surface area contributed by atoms with Gasteiger partial charge in [-0.05, 0) is 57.4 Å². The molecule has 0 aliphatic carbocycles. The standard InChI is InChI=1S/C20H25ClFN3O2S/c1-20(2,3)27-19(26)24-10-7-16(8-11-24)25-18(6-9-23-25)28-13-14-4-5-15(21)12-17(14)22/h4-6,9,12,16H,7-8,10-11,13H2,1-3H3. The predicted molar refractivity (Wildman–Crippen MR) is 109 cm³/mol. The van der Waals surface area contributed by atoms with Crippen LogP contribution in [-0.4, -0.2) is 39.5 Å². The lowest BCUT2D eigenvalue weighted by molar-refractivity contribution is 0.0182. The average Bonchev–Trinajstić information content (AvgIpc) is 3.08. The SMILES string of the molecule is CC(C)(C)OC(=O)N1CCC(n2nccc2SCc2ccc(Cl)cc2F)CC1. The van der Waals surface area contributed by atoms with E-state index in [1.807, 2.05) is 31.5 Å². The van der Waals surface area contributed by atoms with Crippen LogP contribution in [0.15, 0.2) is 35.5 Å². The maximum absolute atomic E-state index is 14.0. The van der Waals surface area contributed by atoms with Gasteiger partial charge in [-0.3, -0.25) is 4.68 Å². The quantitative estimate of drug-likeness (QED) is 0.603. The Balaban J connectivity index is 1.58. The number of carbonyl (C=O) groups is 1. The minimum atomic E-state index is -0.489. The number of hydrogen-bond acceptors (Lipinski definition) is 4. The fourth-order valence-electron chi connectivity index (χ4n) is 3.10. The van der Waals surface area contributed by atoms with Gasteiger partial charge in [-0.1, -0.05) is 17.7 Å².